The summed E-state index contributed by atoms with van der Waals surface area (Å²) in [6.07, 6.45) is 4.49. The van der Waals surface area contributed by atoms with Gasteiger partial charge in [0.1, 0.15) is 6.33 Å². The minimum atomic E-state index is -0.295. The first kappa shape index (κ1) is 12.3. The van der Waals surface area contributed by atoms with Crippen LogP contribution in [0.1, 0.15) is 10.4 Å². The number of carbonyl (C=O) groups is 1. The number of rotatable bonds is 3. The maximum atomic E-state index is 12.4. The number of benzene rings is 1. The van der Waals surface area contributed by atoms with E-state index in [1.54, 1.807) is 12.3 Å². The van der Waals surface area contributed by atoms with Crippen LogP contribution in [0, 0.1) is 0 Å². The maximum Gasteiger partial charge on any atom is 0.267 e. The fourth-order valence-electron chi connectivity index (χ4n) is 2.05. The van der Waals surface area contributed by atoms with Crippen LogP contribution in [0.2, 0.25) is 0 Å². The van der Waals surface area contributed by atoms with Crippen molar-refractivity contribution in [3.8, 4) is 23.0 Å². The van der Waals surface area contributed by atoms with Crippen LogP contribution in [0.3, 0.4) is 0 Å². The summed E-state index contributed by atoms with van der Waals surface area (Å²) in [5, 5.41) is 0. The molecule has 0 amide bonds. The second-order valence-electron chi connectivity index (χ2n) is 4.00. The van der Waals surface area contributed by atoms with Gasteiger partial charge in [-0.2, -0.15) is 0 Å². The summed E-state index contributed by atoms with van der Waals surface area (Å²) in [5.41, 5.74) is 0.312. The minimum absolute atomic E-state index is 0.0603. The molecule has 7 nitrogen and oxygen atoms in total. The van der Waals surface area contributed by atoms with Gasteiger partial charge in [-0.1, -0.05) is 0 Å². The topological polar surface area (TPSA) is 71.8 Å². The quantitative estimate of drug-likeness (QED) is 0.842. The number of imidazole rings is 1. The number of fused-ring (bicyclic) bond motifs is 1. The molecular formula is C13H12N2O5. The van der Waals surface area contributed by atoms with E-state index in [0.717, 1.165) is 0 Å². The first-order chi connectivity index (χ1) is 9.76. The monoisotopic (exact) mass is 276 g/mol. The molecule has 1 aliphatic rings. The van der Waals surface area contributed by atoms with E-state index in [2.05, 4.69) is 4.98 Å². The average molecular weight is 276 g/mol. The summed E-state index contributed by atoms with van der Waals surface area (Å²) < 4.78 is 22.6. The number of carbonyl (C=O) groups excluding carboxylic acids is 1. The highest BCUT2D eigenvalue weighted by molar-refractivity contribution is 6.00. The highest BCUT2D eigenvalue weighted by atomic mass is 16.7. The predicted octanol–water partition coefficient (Wildman–Crippen LogP) is 1.32. The van der Waals surface area contributed by atoms with E-state index in [4.69, 9.17) is 18.9 Å². The van der Waals surface area contributed by atoms with Gasteiger partial charge in [0.05, 0.1) is 19.8 Å². The molecule has 0 saturated heterocycles. The Morgan fingerprint density at radius 3 is 2.75 bits per heavy atom. The molecule has 0 radical (unpaired) electrons. The third-order valence-electron chi connectivity index (χ3n) is 2.96. The highest BCUT2D eigenvalue weighted by Gasteiger charge is 2.29. The summed E-state index contributed by atoms with van der Waals surface area (Å²) in [4.78, 5) is 16.3. The highest BCUT2D eigenvalue weighted by Crippen LogP contribution is 2.49. The Morgan fingerprint density at radius 1 is 1.30 bits per heavy atom. The molecule has 0 atom stereocenters. The van der Waals surface area contributed by atoms with Gasteiger partial charge in [0, 0.05) is 18.5 Å². The van der Waals surface area contributed by atoms with E-state index in [1.165, 1.54) is 31.3 Å². The van der Waals surface area contributed by atoms with Crippen molar-refractivity contribution in [2.24, 2.45) is 0 Å². The van der Waals surface area contributed by atoms with Crippen LogP contribution >= 0.6 is 0 Å². The zero-order valence-electron chi connectivity index (χ0n) is 11.0. The predicted molar refractivity (Wildman–Crippen MR) is 67.6 cm³/mol. The molecule has 7 heteroatoms. The number of methoxy groups -OCH3 is 2. The standard InChI is InChI=1S/C13H12N2O5/c1-17-9-5-8(13(16)15-4-3-14-6-15)10(18-2)12-11(9)19-7-20-12/h3-6H,7H2,1-2H3. The lowest BCUT2D eigenvalue weighted by molar-refractivity contribution is 0.0955. The van der Waals surface area contributed by atoms with Crippen LogP contribution in [-0.4, -0.2) is 36.5 Å². The molecule has 104 valence electrons. The Bertz CT molecular complexity index is 651. The van der Waals surface area contributed by atoms with Gasteiger partial charge in [-0.25, -0.2) is 4.98 Å². The normalized spacial score (nSPS) is 12.3. The molecule has 0 spiro atoms. The molecule has 1 aliphatic heterocycles. The van der Waals surface area contributed by atoms with Gasteiger partial charge < -0.3 is 18.9 Å². The molecule has 2 aromatic rings. The lowest BCUT2D eigenvalue weighted by Gasteiger charge is -2.13. The number of ether oxygens (including phenoxy) is 4. The molecule has 0 aliphatic carbocycles. The van der Waals surface area contributed by atoms with Crippen LogP contribution in [-0.2, 0) is 0 Å². The van der Waals surface area contributed by atoms with Crippen LogP contribution in [0.4, 0.5) is 0 Å². The van der Waals surface area contributed by atoms with E-state index in [0.29, 0.717) is 28.6 Å². The second kappa shape index (κ2) is 4.76. The summed E-state index contributed by atoms with van der Waals surface area (Å²) in [5.74, 6) is 1.25. The Hall–Kier alpha value is -2.70. The van der Waals surface area contributed by atoms with Gasteiger partial charge in [-0.3, -0.25) is 9.36 Å². The van der Waals surface area contributed by atoms with Crippen LogP contribution in [0.25, 0.3) is 0 Å². The van der Waals surface area contributed by atoms with Crippen molar-refractivity contribution in [1.82, 2.24) is 9.55 Å². The molecule has 0 N–H and O–H groups in total. The Morgan fingerprint density at radius 2 is 2.10 bits per heavy atom. The molecule has 2 heterocycles. The summed E-state index contributed by atoms with van der Waals surface area (Å²) in [6.45, 7) is 0.0603. The first-order valence-corrected chi connectivity index (χ1v) is 5.83. The average Bonchev–Trinajstić information content (AvgIpc) is 3.15. The Kier molecular flexibility index (Phi) is 2.94. The molecule has 0 fully saturated rings. The third-order valence-corrected chi connectivity index (χ3v) is 2.96. The third kappa shape index (κ3) is 1.75. The van der Waals surface area contributed by atoms with Gasteiger partial charge in [0.25, 0.3) is 5.91 Å². The van der Waals surface area contributed by atoms with E-state index < -0.39 is 0 Å². The smallest absolute Gasteiger partial charge is 0.267 e. The molecule has 0 saturated carbocycles. The van der Waals surface area contributed by atoms with Gasteiger partial charge in [0.2, 0.25) is 18.3 Å². The van der Waals surface area contributed by atoms with Gasteiger partial charge in [-0.05, 0) is 0 Å². The van der Waals surface area contributed by atoms with Gasteiger partial charge in [-0.15, -0.1) is 0 Å². The summed E-state index contributed by atoms with van der Waals surface area (Å²) >= 11 is 0. The van der Waals surface area contributed by atoms with Crippen molar-refractivity contribution in [3.05, 3.63) is 30.4 Å². The number of aromatic nitrogens is 2. The second-order valence-corrected chi connectivity index (χ2v) is 4.00. The largest absolute Gasteiger partial charge is 0.493 e. The molecule has 1 aromatic heterocycles. The molecule has 0 unspecified atom stereocenters. The first-order valence-electron chi connectivity index (χ1n) is 5.83. The molecule has 0 bridgehead atoms. The number of hydrogen-bond donors (Lipinski definition) is 0. The van der Waals surface area contributed by atoms with Crippen molar-refractivity contribution < 1.29 is 23.7 Å². The summed E-state index contributed by atoms with van der Waals surface area (Å²) in [6, 6.07) is 1.56. The van der Waals surface area contributed by atoms with Crippen molar-refractivity contribution in [2.45, 2.75) is 0 Å². The lowest BCUT2D eigenvalue weighted by Crippen LogP contribution is -2.12. The molecule has 1 aromatic carbocycles. The van der Waals surface area contributed by atoms with Crippen molar-refractivity contribution >= 4 is 5.91 Å². The van der Waals surface area contributed by atoms with Crippen LogP contribution < -0.4 is 18.9 Å². The van der Waals surface area contributed by atoms with Crippen molar-refractivity contribution in [1.29, 1.82) is 0 Å². The Balaban J connectivity index is 2.17. The van der Waals surface area contributed by atoms with E-state index in [-0.39, 0.29) is 12.7 Å². The zero-order valence-corrected chi connectivity index (χ0v) is 11.0. The zero-order chi connectivity index (χ0) is 14.1. The van der Waals surface area contributed by atoms with E-state index in [9.17, 15) is 4.79 Å². The molecule has 3 rings (SSSR count). The Labute approximate surface area is 114 Å². The van der Waals surface area contributed by atoms with Gasteiger partial charge >= 0.3 is 0 Å². The number of hydrogen-bond acceptors (Lipinski definition) is 6. The van der Waals surface area contributed by atoms with Crippen LogP contribution in [0.15, 0.2) is 24.8 Å². The van der Waals surface area contributed by atoms with Crippen LogP contribution in [0.5, 0.6) is 23.0 Å². The number of nitrogens with zero attached hydrogens (tertiary/aromatic N) is 2. The fourth-order valence-corrected chi connectivity index (χ4v) is 2.05. The van der Waals surface area contributed by atoms with E-state index in [1.807, 2.05) is 0 Å². The van der Waals surface area contributed by atoms with Crippen molar-refractivity contribution in [3.63, 3.8) is 0 Å². The summed E-state index contributed by atoms with van der Waals surface area (Å²) in [7, 11) is 2.96. The van der Waals surface area contributed by atoms with Gasteiger partial charge in [0.15, 0.2) is 11.5 Å². The van der Waals surface area contributed by atoms with Crippen molar-refractivity contribution in [2.75, 3.05) is 21.0 Å². The SMILES string of the molecule is COc1cc(C(=O)n2ccnc2)c(OC)c2c1OCO2. The molecule has 20 heavy (non-hydrogen) atoms. The maximum absolute atomic E-state index is 12.4. The fraction of sp³-hybridized carbons (Fsp3) is 0.231. The minimum Gasteiger partial charge on any atom is -0.493 e. The lowest BCUT2D eigenvalue weighted by atomic mass is 10.1. The van der Waals surface area contributed by atoms with E-state index >= 15 is 0 Å². The molecular weight excluding hydrogens is 264 g/mol.